The van der Waals surface area contributed by atoms with E-state index in [4.69, 9.17) is 0 Å². The van der Waals surface area contributed by atoms with Gasteiger partial charge in [-0.25, -0.2) is 0 Å². The van der Waals surface area contributed by atoms with E-state index in [9.17, 15) is 4.79 Å². The lowest BCUT2D eigenvalue weighted by Gasteiger charge is -2.27. The summed E-state index contributed by atoms with van der Waals surface area (Å²) in [6.07, 6.45) is 3.47. The maximum Gasteiger partial charge on any atom is 0.198 e. The first-order chi connectivity index (χ1) is 25.3. The predicted octanol–water partition coefficient (Wildman–Crippen LogP) is 11.2. The van der Waals surface area contributed by atoms with Gasteiger partial charge in [-0.05, 0) is 87.0 Å². The third kappa shape index (κ3) is 3.52. The summed E-state index contributed by atoms with van der Waals surface area (Å²) in [5, 5.41) is 3.84. The summed E-state index contributed by atoms with van der Waals surface area (Å²) in [7, 11) is 0. The monoisotopic (exact) mass is 669 g/mol. The highest BCUT2D eigenvalue weighted by molar-refractivity contribution is 6.20. The Bertz CT molecular complexity index is 3090. The van der Waals surface area contributed by atoms with Crippen molar-refractivity contribution in [3.05, 3.63) is 172 Å². The lowest BCUT2D eigenvalue weighted by Crippen LogP contribution is -2.19. The zero-order valence-electron chi connectivity index (χ0n) is 29.5. The Labute approximate surface area is 301 Å². The highest BCUT2D eigenvalue weighted by atomic mass is 16.1. The molecular weight excluding hydrogens is 635 g/mol. The van der Waals surface area contributed by atoms with Crippen LogP contribution in [0.1, 0.15) is 49.9 Å². The molecule has 0 aliphatic heterocycles. The van der Waals surface area contributed by atoms with Crippen molar-refractivity contribution in [2.24, 2.45) is 0 Å². The number of hydrogen-bond donors (Lipinski definition) is 0. The smallest absolute Gasteiger partial charge is 0.198 e. The molecule has 0 unspecified atom stereocenters. The zero-order chi connectivity index (χ0) is 35.1. The minimum absolute atomic E-state index is 0.00568. The van der Waals surface area contributed by atoms with E-state index in [0.29, 0.717) is 10.8 Å². The van der Waals surface area contributed by atoms with Gasteiger partial charge in [0.2, 0.25) is 0 Å². The van der Waals surface area contributed by atoms with Gasteiger partial charge in [0.1, 0.15) is 0 Å². The van der Waals surface area contributed by atoms with Gasteiger partial charge in [0.05, 0.1) is 27.5 Å². The van der Waals surface area contributed by atoms with Gasteiger partial charge in [-0.15, -0.1) is 0 Å². The van der Waals surface area contributed by atoms with E-state index >= 15 is 0 Å². The molecule has 248 valence electrons. The number of aromatic nitrogens is 3. The van der Waals surface area contributed by atoms with Crippen LogP contribution in [0.5, 0.6) is 0 Å². The SMILES string of the molecule is CC1(C)c2ccccc2-c2c3c(c4c(c21)c1ccccc1n4-c1ccc2c(=O)c4cnccc4n(-c4ccccc4)c2c1)C(C)(C)c1ccccc1-3. The molecule has 3 aromatic heterocycles. The lowest BCUT2D eigenvalue weighted by molar-refractivity contribution is 0.658. The maximum absolute atomic E-state index is 14.1. The molecule has 0 saturated heterocycles. The Morgan fingerprint density at radius 2 is 1.13 bits per heavy atom. The molecule has 0 amide bonds. The van der Waals surface area contributed by atoms with E-state index in [1.54, 1.807) is 12.4 Å². The summed E-state index contributed by atoms with van der Waals surface area (Å²) >= 11 is 0. The topological polar surface area (TPSA) is 39.8 Å². The highest BCUT2D eigenvalue weighted by Crippen LogP contribution is 2.63. The number of hydrogen-bond acceptors (Lipinski definition) is 2. The summed E-state index contributed by atoms with van der Waals surface area (Å²) in [5.74, 6) is 0. The van der Waals surface area contributed by atoms with E-state index < -0.39 is 0 Å². The van der Waals surface area contributed by atoms with E-state index in [1.807, 2.05) is 30.3 Å². The van der Waals surface area contributed by atoms with Crippen molar-refractivity contribution in [3.8, 4) is 33.6 Å². The van der Waals surface area contributed by atoms with Crippen molar-refractivity contribution in [2.75, 3.05) is 0 Å². The predicted molar refractivity (Wildman–Crippen MR) is 214 cm³/mol. The van der Waals surface area contributed by atoms with E-state index in [-0.39, 0.29) is 16.3 Å². The van der Waals surface area contributed by atoms with Crippen molar-refractivity contribution in [1.82, 2.24) is 14.1 Å². The van der Waals surface area contributed by atoms with Crippen molar-refractivity contribution in [2.45, 2.75) is 38.5 Å². The fourth-order valence-electron chi connectivity index (χ4n) is 9.95. The van der Waals surface area contributed by atoms with Gasteiger partial charge in [0, 0.05) is 50.8 Å². The maximum atomic E-state index is 14.1. The van der Waals surface area contributed by atoms with Crippen LogP contribution in [-0.2, 0) is 10.8 Å². The molecule has 0 bridgehead atoms. The Balaban J connectivity index is 1.36. The van der Waals surface area contributed by atoms with E-state index in [0.717, 1.165) is 27.9 Å². The number of pyridine rings is 2. The van der Waals surface area contributed by atoms with Crippen molar-refractivity contribution in [1.29, 1.82) is 0 Å². The molecule has 0 saturated carbocycles. The van der Waals surface area contributed by atoms with Crippen molar-refractivity contribution >= 4 is 43.6 Å². The summed E-state index contributed by atoms with van der Waals surface area (Å²) in [4.78, 5) is 18.4. The molecule has 9 aromatic rings. The van der Waals surface area contributed by atoms with Gasteiger partial charge in [-0.1, -0.05) is 113 Å². The first-order valence-electron chi connectivity index (χ1n) is 18.1. The van der Waals surface area contributed by atoms with Crippen molar-refractivity contribution in [3.63, 3.8) is 0 Å². The molecule has 2 aliphatic rings. The minimum atomic E-state index is -0.265. The van der Waals surface area contributed by atoms with Crippen LogP contribution in [0.15, 0.2) is 145 Å². The van der Waals surface area contributed by atoms with E-state index in [1.165, 1.54) is 60.8 Å². The van der Waals surface area contributed by atoms with Crippen LogP contribution in [0.25, 0.3) is 77.2 Å². The average molecular weight is 670 g/mol. The Kier molecular flexibility index (Phi) is 5.64. The molecule has 11 rings (SSSR count). The van der Waals surface area contributed by atoms with Crippen LogP contribution >= 0.6 is 0 Å². The number of rotatable bonds is 2. The second-order valence-electron chi connectivity index (χ2n) is 15.5. The summed E-state index contributed by atoms with van der Waals surface area (Å²) in [6.45, 7) is 9.59. The van der Waals surface area contributed by atoms with Crippen molar-refractivity contribution < 1.29 is 0 Å². The number of nitrogens with zero attached hydrogens (tertiary/aromatic N) is 3. The fraction of sp³-hybridized carbons (Fsp3) is 0.125. The second-order valence-corrected chi connectivity index (χ2v) is 15.5. The first kappa shape index (κ1) is 29.5. The molecule has 0 spiro atoms. The van der Waals surface area contributed by atoms with Crippen LogP contribution < -0.4 is 5.43 Å². The second kappa shape index (κ2) is 9.95. The van der Waals surface area contributed by atoms with Crippen LogP contribution in [0, 0.1) is 0 Å². The molecule has 4 nitrogen and oxygen atoms in total. The van der Waals surface area contributed by atoms with Crippen LogP contribution in [0.4, 0.5) is 0 Å². The molecule has 4 heteroatoms. The molecule has 0 fully saturated rings. The van der Waals surface area contributed by atoms with Gasteiger partial charge in [0.15, 0.2) is 5.43 Å². The normalized spacial score (nSPS) is 14.9. The van der Waals surface area contributed by atoms with Gasteiger partial charge >= 0.3 is 0 Å². The fourth-order valence-corrected chi connectivity index (χ4v) is 9.95. The number of para-hydroxylation sites is 2. The van der Waals surface area contributed by atoms with Gasteiger partial charge in [0.25, 0.3) is 0 Å². The van der Waals surface area contributed by atoms with Gasteiger partial charge in [-0.3, -0.25) is 9.78 Å². The standard InChI is InChI=1S/C48H35N3O/c1-47(2)35-19-11-8-16-30(35)40-41-31-17-9-12-20-36(31)48(3,4)44(41)45-42(43(40)47)32-18-10-13-21-37(32)51(45)29-22-23-33-39(26-29)50(28-14-6-5-7-15-28)38-24-25-49-27-34(38)46(33)52/h5-27H,1-4H3. The molecule has 0 atom stereocenters. The number of fused-ring (bicyclic) bond motifs is 14. The van der Waals surface area contributed by atoms with Crippen LogP contribution in [0.3, 0.4) is 0 Å². The zero-order valence-corrected chi connectivity index (χ0v) is 29.5. The molecule has 3 heterocycles. The summed E-state index contributed by atoms with van der Waals surface area (Å²) in [6, 6.07) is 45.6. The van der Waals surface area contributed by atoms with Gasteiger partial charge < -0.3 is 9.13 Å². The molecule has 0 N–H and O–H groups in total. The van der Waals surface area contributed by atoms with E-state index in [2.05, 4.69) is 139 Å². The molecule has 2 aliphatic carbocycles. The summed E-state index contributed by atoms with van der Waals surface area (Å²) in [5.41, 5.74) is 16.5. The molecule has 6 aromatic carbocycles. The van der Waals surface area contributed by atoms with Crippen LogP contribution in [0.2, 0.25) is 0 Å². The van der Waals surface area contributed by atoms with Crippen LogP contribution in [-0.4, -0.2) is 14.1 Å². The third-order valence-corrected chi connectivity index (χ3v) is 12.1. The third-order valence-electron chi connectivity index (χ3n) is 12.1. The average Bonchev–Trinajstić information content (AvgIpc) is 3.72. The Hall–Kier alpha value is -6.26. The first-order valence-corrected chi connectivity index (χ1v) is 18.1. The largest absolute Gasteiger partial charge is 0.309 e. The lowest BCUT2D eigenvalue weighted by atomic mass is 9.76. The highest BCUT2D eigenvalue weighted by Gasteiger charge is 2.47. The molecular formula is C48H35N3O. The Morgan fingerprint density at radius 3 is 1.88 bits per heavy atom. The minimum Gasteiger partial charge on any atom is -0.309 e. The number of benzene rings is 6. The molecule has 52 heavy (non-hydrogen) atoms. The molecule has 0 radical (unpaired) electrons. The quantitative estimate of drug-likeness (QED) is 0.172. The summed E-state index contributed by atoms with van der Waals surface area (Å²) < 4.78 is 4.71. The Morgan fingerprint density at radius 1 is 0.519 bits per heavy atom. The van der Waals surface area contributed by atoms with Gasteiger partial charge in [-0.2, -0.15) is 0 Å².